The molecule has 1 unspecified atom stereocenters. The van der Waals surface area contributed by atoms with Gasteiger partial charge in [-0.05, 0) is 55.7 Å². The maximum Gasteiger partial charge on any atom is 0.150 e. The van der Waals surface area contributed by atoms with Gasteiger partial charge >= 0.3 is 0 Å². The van der Waals surface area contributed by atoms with E-state index < -0.39 is 9.84 Å². The van der Waals surface area contributed by atoms with Crippen LogP contribution in [0.2, 0.25) is 0 Å². The van der Waals surface area contributed by atoms with Crippen LogP contribution in [0.4, 0.5) is 0 Å². The Bertz CT molecular complexity index is 539. The molecule has 0 saturated carbocycles. The Morgan fingerprint density at radius 2 is 1.80 bits per heavy atom. The molecular weight excluding hydrogens is 270 g/mol. The lowest BCUT2D eigenvalue weighted by Crippen LogP contribution is -2.49. The van der Waals surface area contributed by atoms with Crippen molar-refractivity contribution < 1.29 is 8.42 Å². The summed E-state index contributed by atoms with van der Waals surface area (Å²) in [5, 5.41) is 3.50. The minimum atomic E-state index is -2.77. The Morgan fingerprint density at radius 3 is 2.50 bits per heavy atom. The van der Waals surface area contributed by atoms with Crippen LogP contribution in [0.5, 0.6) is 0 Å². The number of benzene rings is 1. The van der Waals surface area contributed by atoms with Gasteiger partial charge in [0, 0.05) is 0 Å². The lowest BCUT2D eigenvalue weighted by molar-refractivity contribution is 0.0929. The van der Waals surface area contributed by atoms with E-state index in [1.54, 1.807) is 0 Å². The summed E-state index contributed by atoms with van der Waals surface area (Å²) in [6.07, 6.45) is 3.90. The van der Waals surface area contributed by atoms with E-state index in [1.807, 2.05) is 6.07 Å². The van der Waals surface area contributed by atoms with Crippen molar-refractivity contribution in [2.24, 2.45) is 11.3 Å². The summed E-state index contributed by atoms with van der Waals surface area (Å²) in [6.45, 7) is 2.06. The van der Waals surface area contributed by atoms with Crippen LogP contribution in [0.1, 0.15) is 24.8 Å². The second-order valence-corrected chi connectivity index (χ2v) is 8.66. The smallest absolute Gasteiger partial charge is 0.150 e. The molecule has 2 heterocycles. The second-order valence-electron chi connectivity index (χ2n) is 6.35. The molecule has 1 atom stereocenters. The number of hydrogen-bond acceptors (Lipinski definition) is 3. The van der Waals surface area contributed by atoms with Gasteiger partial charge in [0.2, 0.25) is 0 Å². The molecule has 2 saturated heterocycles. The topological polar surface area (TPSA) is 46.2 Å². The zero-order chi connectivity index (χ0) is 14.1. The molecule has 1 spiro atoms. The van der Waals surface area contributed by atoms with Crippen molar-refractivity contribution in [3.8, 4) is 0 Å². The summed E-state index contributed by atoms with van der Waals surface area (Å²) in [5.74, 6) is 1.34. The highest BCUT2D eigenvalue weighted by molar-refractivity contribution is 7.91. The monoisotopic (exact) mass is 293 g/mol. The maximum absolute atomic E-state index is 11.7. The highest BCUT2D eigenvalue weighted by Crippen LogP contribution is 2.45. The summed E-state index contributed by atoms with van der Waals surface area (Å²) in [7, 11) is -2.77. The zero-order valence-electron chi connectivity index (χ0n) is 11.8. The Balaban J connectivity index is 1.78. The molecule has 20 heavy (non-hydrogen) atoms. The third-order valence-electron chi connectivity index (χ3n) is 5.20. The fraction of sp³-hybridized carbons (Fsp3) is 0.625. The van der Waals surface area contributed by atoms with Crippen LogP contribution in [-0.2, 0) is 16.3 Å². The lowest BCUT2D eigenvalue weighted by atomic mass is 9.65. The molecule has 0 amide bonds. The molecule has 2 aliphatic rings. The van der Waals surface area contributed by atoms with Crippen LogP contribution in [0.15, 0.2) is 30.3 Å². The number of nitrogens with one attached hydrogen (secondary N) is 1. The molecule has 1 aromatic rings. The zero-order valence-corrected chi connectivity index (χ0v) is 12.7. The Hall–Kier alpha value is -0.870. The number of rotatable bonds is 2. The van der Waals surface area contributed by atoms with Crippen molar-refractivity contribution >= 4 is 9.84 Å². The van der Waals surface area contributed by atoms with Crippen molar-refractivity contribution in [2.75, 3.05) is 24.6 Å². The molecule has 0 aliphatic carbocycles. The van der Waals surface area contributed by atoms with E-state index >= 15 is 0 Å². The molecule has 1 aromatic carbocycles. The summed E-state index contributed by atoms with van der Waals surface area (Å²) in [4.78, 5) is 0. The molecule has 3 rings (SSSR count). The molecule has 2 aliphatic heterocycles. The molecule has 4 heteroatoms. The van der Waals surface area contributed by atoms with Gasteiger partial charge in [0.15, 0.2) is 0 Å². The predicted molar refractivity (Wildman–Crippen MR) is 81.4 cm³/mol. The van der Waals surface area contributed by atoms with Gasteiger partial charge < -0.3 is 5.32 Å². The van der Waals surface area contributed by atoms with Gasteiger partial charge in [-0.15, -0.1) is 0 Å². The Morgan fingerprint density at radius 1 is 1.10 bits per heavy atom. The van der Waals surface area contributed by atoms with Crippen molar-refractivity contribution in [3.63, 3.8) is 0 Å². The van der Waals surface area contributed by atoms with Gasteiger partial charge in [-0.3, -0.25) is 0 Å². The van der Waals surface area contributed by atoms with Crippen molar-refractivity contribution in [3.05, 3.63) is 35.9 Å². The molecular formula is C16H23NO2S. The van der Waals surface area contributed by atoms with Crippen LogP contribution in [0, 0.1) is 11.3 Å². The average Bonchev–Trinajstić information content (AvgIpc) is 2.46. The number of sulfone groups is 1. The Kier molecular flexibility index (Phi) is 3.87. The third-order valence-corrected chi connectivity index (χ3v) is 6.86. The quantitative estimate of drug-likeness (QED) is 0.907. The van der Waals surface area contributed by atoms with Crippen molar-refractivity contribution in [2.45, 2.75) is 25.7 Å². The van der Waals surface area contributed by atoms with Crippen molar-refractivity contribution in [1.82, 2.24) is 5.32 Å². The van der Waals surface area contributed by atoms with Gasteiger partial charge in [0.05, 0.1) is 11.5 Å². The van der Waals surface area contributed by atoms with E-state index in [2.05, 4.69) is 29.6 Å². The largest absolute Gasteiger partial charge is 0.316 e. The van der Waals surface area contributed by atoms with Gasteiger partial charge in [-0.25, -0.2) is 8.42 Å². The number of piperidine rings is 1. The number of hydrogen-bond donors (Lipinski definition) is 1. The fourth-order valence-electron chi connectivity index (χ4n) is 3.82. The van der Waals surface area contributed by atoms with E-state index in [9.17, 15) is 8.42 Å². The first kappa shape index (κ1) is 14.1. The minimum absolute atomic E-state index is 0.242. The van der Waals surface area contributed by atoms with Gasteiger partial charge in [0.25, 0.3) is 0 Å². The summed E-state index contributed by atoms with van der Waals surface area (Å²) < 4.78 is 23.5. The van der Waals surface area contributed by atoms with Crippen LogP contribution in [-0.4, -0.2) is 33.0 Å². The van der Waals surface area contributed by atoms with Gasteiger partial charge in [-0.2, -0.15) is 0 Å². The summed E-state index contributed by atoms with van der Waals surface area (Å²) in [5.41, 5.74) is 1.61. The molecule has 110 valence electrons. The predicted octanol–water partition coefficient (Wildman–Crippen LogP) is 2.03. The van der Waals surface area contributed by atoms with Crippen LogP contribution < -0.4 is 5.32 Å². The van der Waals surface area contributed by atoms with Crippen molar-refractivity contribution in [1.29, 1.82) is 0 Å². The van der Waals surface area contributed by atoms with E-state index in [0.29, 0.717) is 17.4 Å². The fourth-order valence-corrected chi connectivity index (χ4v) is 5.46. The van der Waals surface area contributed by atoms with Crippen LogP contribution in [0.25, 0.3) is 0 Å². The van der Waals surface area contributed by atoms with Gasteiger partial charge in [-0.1, -0.05) is 30.3 Å². The highest BCUT2D eigenvalue weighted by Gasteiger charge is 2.44. The first-order valence-corrected chi connectivity index (χ1v) is 9.37. The van der Waals surface area contributed by atoms with Crippen LogP contribution in [0.3, 0.4) is 0 Å². The third kappa shape index (κ3) is 2.91. The normalized spacial score (nSPS) is 28.3. The molecule has 2 fully saturated rings. The van der Waals surface area contributed by atoms with E-state index in [4.69, 9.17) is 0 Å². The highest BCUT2D eigenvalue weighted by atomic mass is 32.2. The minimum Gasteiger partial charge on any atom is -0.316 e. The van der Waals surface area contributed by atoms with E-state index in [0.717, 1.165) is 38.8 Å². The summed E-state index contributed by atoms with van der Waals surface area (Å²) in [6, 6.07) is 10.6. The molecule has 0 radical (unpaired) electrons. The molecule has 0 bridgehead atoms. The Labute approximate surface area is 121 Å². The molecule has 3 nitrogen and oxygen atoms in total. The standard InChI is InChI=1S/C16H23NO2S/c18-20(19)10-7-16(8-11-20)6-9-17-13-15(16)12-14-4-2-1-3-5-14/h1-5,15,17H,6-13H2. The second kappa shape index (κ2) is 5.49. The van der Waals surface area contributed by atoms with E-state index in [-0.39, 0.29) is 5.41 Å². The maximum atomic E-state index is 11.7. The van der Waals surface area contributed by atoms with Crippen LogP contribution >= 0.6 is 0 Å². The van der Waals surface area contributed by atoms with E-state index in [1.165, 1.54) is 5.56 Å². The lowest BCUT2D eigenvalue weighted by Gasteiger charge is -2.47. The summed E-state index contributed by atoms with van der Waals surface area (Å²) >= 11 is 0. The first-order valence-electron chi connectivity index (χ1n) is 7.55. The van der Waals surface area contributed by atoms with Gasteiger partial charge in [0.1, 0.15) is 9.84 Å². The molecule has 0 aromatic heterocycles. The first-order chi connectivity index (χ1) is 9.60. The molecule has 1 N–H and O–H groups in total. The SMILES string of the molecule is O=S1(=O)CCC2(CCNCC2Cc2ccccc2)CC1. The average molecular weight is 293 g/mol.